The lowest BCUT2D eigenvalue weighted by atomic mass is 9.93. The second-order valence-corrected chi connectivity index (χ2v) is 6.48. The first-order chi connectivity index (χ1) is 8.84. The Balaban J connectivity index is 1.37. The molecule has 1 unspecified atom stereocenters. The van der Waals surface area contributed by atoms with Crippen molar-refractivity contribution in [3.05, 3.63) is 0 Å². The Hall–Kier alpha value is -0.0800. The standard InChI is InChI=1S/C16H31NO/c1-14(13-17-16-7-8-16)5-3-2-4-6-15-9-11-18-12-10-15/h14-17H,2-13H2,1H3. The number of unbranched alkanes of at least 4 members (excludes halogenated alkanes) is 2. The van der Waals surface area contributed by atoms with E-state index in [-0.39, 0.29) is 0 Å². The van der Waals surface area contributed by atoms with Crippen LogP contribution < -0.4 is 5.32 Å². The Bertz CT molecular complexity index is 209. The Morgan fingerprint density at radius 3 is 2.56 bits per heavy atom. The summed E-state index contributed by atoms with van der Waals surface area (Å²) in [5.41, 5.74) is 0. The lowest BCUT2D eigenvalue weighted by Gasteiger charge is -2.21. The van der Waals surface area contributed by atoms with Crippen molar-refractivity contribution in [1.29, 1.82) is 0 Å². The maximum Gasteiger partial charge on any atom is 0.0468 e. The van der Waals surface area contributed by atoms with Crippen molar-refractivity contribution < 1.29 is 4.74 Å². The third-order valence-electron chi connectivity index (χ3n) is 4.48. The molecule has 2 heteroatoms. The molecule has 1 N–H and O–H groups in total. The summed E-state index contributed by atoms with van der Waals surface area (Å²) in [6.45, 7) is 5.65. The molecule has 0 aromatic heterocycles. The van der Waals surface area contributed by atoms with Gasteiger partial charge in [-0.15, -0.1) is 0 Å². The SMILES string of the molecule is CC(CCCCCC1CCOCC1)CNC1CC1. The van der Waals surface area contributed by atoms with Crippen LogP contribution in [-0.4, -0.2) is 25.8 Å². The minimum atomic E-state index is 0.869. The quantitative estimate of drug-likeness (QED) is 0.632. The van der Waals surface area contributed by atoms with Gasteiger partial charge in [-0.25, -0.2) is 0 Å². The van der Waals surface area contributed by atoms with E-state index in [2.05, 4.69) is 12.2 Å². The van der Waals surface area contributed by atoms with Crippen molar-refractivity contribution >= 4 is 0 Å². The molecule has 1 aliphatic carbocycles. The summed E-state index contributed by atoms with van der Waals surface area (Å²) >= 11 is 0. The van der Waals surface area contributed by atoms with Crippen LogP contribution in [0, 0.1) is 11.8 Å². The molecule has 0 aromatic rings. The molecule has 1 heterocycles. The number of hydrogen-bond donors (Lipinski definition) is 1. The fourth-order valence-corrected chi connectivity index (χ4v) is 2.90. The molecule has 1 saturated carbocycles. The van der Waals surface area contributed by atoms with Crippen LogP contribution in [0.4, 0.5) is 0 Å². The van der Waals surface area contributed by atoms with Crippen molar-refractivity contribution in [3.63, 3.8) is 0 Å². The third-order valence-corrected chi connectivity index (χ3v) is 4.48. The van der Waals surface area contributed by atoms with Crippen LogP contribution in [0.5, 0.6) is 0 Å². The van der Waals surface area contributed by atoms with Gasteiger partial charge in [0.25, 0.3) is 0 Å². The maximum absolute atomic E-state index is 5.40. The van der Waals surface area contributed by atoms with Gasteiger partial charge in [0, 0.05) is 19.3 Å². The Labute approximate surface area is 113 Å². The molecule has 0 amide bonds. The monoisotopic (exact) mass is 253 g/mol. The topological polar surface area (TPSA) is 21.3 Å². The van der Waals surface area contributed by atoms with E-state index in [1.165, 1.54) is 64.3 Å². The van der Waals surface area contributed by atoms with E-state index in [0.29, 0.717) is 0 Å². The zero-order valence-electron chi connectivity index (χ0n) is 12.1. The molecule has 0 bridgehead atoms. The lowest BCUT2D eigenvalue weighted by Crippen LogP contribution is -2.23. The van der Waals surface area contributed by atoms with E-state index >= 15 is 0 Å². The van der Waals surface area contributed by atoms with Gasteiger partial charge in [-0.1, -0.05) is 32.6 Å². The van der Waals surface area contributed by atoms with Gasteiger partial charge in [0.15, 0.2) is 0 Å². The highest BCUT2D eigenvalue weighted by atomic mass is 16.5. The first kappa shape index (κ1) is 14.3. The second kappa shape index (κ2) is 8.16. The van der Waals surface area contributed by atoms with Crippen LogP contribution in [0.1, 0.15) is 64.7 Å². The van der Waals surface area contributed by atoms with Crippen LogP contribution in [0.25, 0.3) is 0 Å². The molecular formula is C16H31NO. The summed E-state index contributed by atoms with van der Waals surface area (Å²) in [7, 11) is 0. The van der Waals surface area contributed by atoms with Crippen LogP contribution in [0.3, 0.4) is 0 Å². The second-order valence-electron chi connectivity index (χ2n) is 6.48. The smallest absolute Gasteiger partial charge is 0.0468 e. The van der Waals surface area contributed by atoms with E-state index in [4.69, 9.17) is 4.74 Å². The fourth-order valence-electron chi connectivity index (χ4n) is 2.90. The summed E-state index contributed by atoms with van der Waals surface area (Å²) in [6.07, 6.45) is 12.6. The van der Waals surface area contributed by atoms with Gasteiger partial charge in [0.2, 0.25) is 0 Å². The zero-order valence-corrected chi connectivity index (χ0v) is 12.1. The molecule has 0 aromatic carbocycles. The first-order valence-electron chi connectivity index (χ1n) is 8.15. The highest BCUT2D eigenvalue weighted by Crippen LogP contribution is 2.22. The zero-order chi connectivity index (χ0) is 12.6. The lowest BCUT2D eigenvalue weighted by molar-refractivity contribution is 0.0631. The molecule has 0 radical (unpaired) electrons. The number of rotatable bonds is 9. The summed E-state index contributed by atoms with van der Waals surface area (Å²) in [4.78, 5) is 0. The summed E-state index contributed by atoms with van der Waals surface area (Å²) in [5.74, 6) is 1.83. The minimum Gasteiger partial charge on any atom is -0.381 e. The molecule has 1 atom stereocenters. The van der Waals surface area contributed by atoms with E-state index in [1.807, 2.05) is 0 Å². The van der Waals surface area contributed by atoms with Gasteiger partial charge in [-0.3, -0.25) is 0 Å². The van der Waals surface area contributed by atoms with Crippen LogP contribution in [0.2, 0.25) is 0 Å². The van der Waals surface area contributed by atoms with Crippen molar-refractivity contribution in [3.8, 4) is 0 Å². The van der Waals surface area contributed by atoms with Gasteiger partial charge in [0.05, 0.1) is 0 Å². The van der Waals surface area contributed by atoms with Crippen LogP contribution >= 0.6 is 0 Å². The van der Waals surface area contributed by atoms with E-state index in [9.17, 15) is 0 Å². The highest BCUT2D eigenvalue weighted by molar-refractivity contribution is 4.81. The Morgan fingerprint density at radius 2 is 1.83 bits per heavy atom. The number of hydrogen-bond acceptors (Lipinski definition) is 2. The van der Waals surface area contributed by atoms with Gasteiger partial charge >= 0.3 is 0 Å². The fraction of sp³-hybridized carbons (Fsp3) is 1.00. The van der Waals surface area contributed by atoms with E-state index in [1.54, 1.807) is 0 Å². The predicted octanol–water partition coefficient (Wildman–Crippen LogP) is 3.75. The Morgan fingerprint density at radius 1 is 1.06 bits per heavy atom. The number of ether oxygens (including phenoxy) is 1. The Kier molecular flexibility index (Phi) is 6.50. The molecular weight excluding hydrogens is 222 g/mol. The molecule has 0 spiro atoms. The average Bonchev–Trinajstić information content (AvgIpc) is 3.21. The van der Waals surface area contributed by atoms with Crippen LogP contribution in [-0.2, 0) is 4.74 Å². The maximum atomic E-state index is 5.40. The molecule has 1 saturated heterocycles. The van der Waals surface area contributed by atoms with E-state index in [0.717, 1.165) is 31.1 Å². The van der Waals surface area contributed by atoms with Crippen LogP contribution in [0.15, 0.2) is 0 Å². The van der Waals surface area contributed by atoms with Gasteiger partial charge in [0.1, 0.15) is 0 Å². The number of nitrogens with one attached hydrogen (secondary N) is 1. The largest absolute Gasteiger partial charge is 0.381 e. The molecule has 2 aliphatic rings. The summed E-state index contributed by atoms with van der Waals surface area (Å²) in [5, 5.41) is 3.64. The van der Waals surface area contributed by atoms with Crippen molar-refractivity contribution in [2.45, 2.75) is 70.8 Å². The van der Waals surface area contributed by atoms with Gasteiger partial charge in [-0.2, -0.15) is 0 Å². The molecule has 2 fully saturated rings. The van der Waals surface area contributed by atoms with Gasteiger partial charge in [-0.05, 0) is 50.5 Å². The molecule has 18 heavy (non-hydrogen) atoms. The van der Waals surface area contributed by atoms with Crippen molar-refractivity contribution in [2.75, 3.05) is 19.8 Å². The normalized spacial score (nSPS) is 23.2. The van der Waals surface area contributed by atoms with Crippen molar-refractivity contribution in [1.82, 2.24) is 5.32 Å². The average molecular weight is 253 g/mol. The highest BCUT2D eigenvalue weighted by Gasteiger charge is 2.20. The van der Waals surface area contributed by atoms with Crippen molar-refractivity contribution in [2.24, 2.45) is 11.8 Å². The third kappa shape index (κ3) is 6.19. The summed E-state index contributed by atoms with van der Waals surface area (Å²) in [6, 6.07) is 0.876. The minimum absolute atomic E-state index is 0.869. The molecule has 106 valence electrons. The molecule has 2 nitrogen and oxygen atoms in total. The predicted molar refractivity (Wildman–Crippen MR) is 76.8 cm³/mol. The van der Waals surface area contributed by atoms with E-state index < -0.39 is 0 Å². The molecule has 2 rings (SSSR count). The summed E-state index contributed by atoms with van der Waals surface area (Å²) < 4.78 is 5.40. The first-order valence-corrected chi connectivity index (χ1v) is 8.15. The van der Waals surface area contributed by atoms with Gasteiger partial charge < -0.3 is 10.1 Å². The molecule has 1 aliphatic heterocycles.